The highest BCUT2D eigenvalue weighted by Gasteiger charge is 2.10. The van der Waals surface area contributed by atoms with Crippen LogP contribution in [0.25, 0.3) is 10.2 Å². The molecule has 0 saturated heterocycles. The van der Waals surface area contributed by atoms with Gasteiger partial charge < -0.3 is 16.0 Å². The van der Waals surface area contributed by atoms with E-state index < -0.39 is 11.8 Å². The van der Waals surface area contributed by atoms with E-state index in [0.717, 1.165) is 4.70 Å². The van der Waals surface area contributed by atoms with Crippen molar-refractivity contribution in [1.29, 1.82) is 0 Å². The molecule has 3 amide bonds. The summed E-state index contributed by atoms with van der Waals surface area (Å²) in [5.41, 5.74) is 1.32. The summed E-state index contributed by atoms with van der Waals surface area (Å²) < 4.78 is 15.2. The van der Waals surface area contributed by atoms with Gasteiger partial charge in [0.1, 0.15) is 5.82 Å². The van der Waals surface area contributed by atoms with Crippen molar-refractivity contribution in [3.8, 4) is 0 Å². The Morgan fingerprint density at radius 3 is 2.69 bits per heavy atom. The van der Waals surface area contributed by atoms with Crippen LogP contribution in [0.2, 0.25) is 0 Å². The molecule has 0 radical (unpaired) electrons. The summed E-state index contributed by atoms with van der Waals surface area (Å²) in [5.74, 6) is -0.651. The Bertz CT molecular complexity index is 992. The van der Waals surface area contributed by atoms with Crippen molar-refractivity contribution in [1.82, 2.24) is 4.98 Å². The zero-order valence-corrected chi connectivity index (χ0v) is 16.0. The molecule has 9 heteroatoms. The summed E-state index contributed by atoms with van der Waals surface area (Å²) >= 11 is 4.47. The van der Waals surface area contributed by atoms with Gasteiger partial charge in [0.2, 0.25) is 5.91 Å². The molecule has 6 nitrogen and oxygen atoms in total. The Morgan fingerprint density at radius 2 is 1.96 bits per heavy atom. The van der Waals surface area contributed by atoms with Gasteiger partial charge >= 0.3 is 6.03 Å². The third-order valence-corrected chi connectivity index (χ3v) is 4.82. The molecule has 0 bridgehead atoms. The third-order valence-electron chi connectivity index (χ3n) is 3.39. The largest absolute Gasteiger partial charge is 0.323 e. The Balaban J connectivity index is 1.71. The summed E-state index contributed by atoms with van der Waals surface area (Å²) in [7, 11) is 0. The van der Waals surface area contributed by atoms with Crippen molar-refractivity contribution < 1.29 is 14.0 Å². The number of amides is 3. The van der Waals surface area contributed by atoms with Crippen molar-refractivity contribution in [2.45, 2.75) is 13.3 Å². The molecule has 0 fully saturated rings. The minimum Gasteiger partial charge on any atom is -0.308 e. The van der Waals surface area contributed by atoms with Gasteiger partial charge in [-0.15, -0.1) is 0 Å². The highest BCUT2D eigenvalue weighted by molar-refractivity contribution is 9.10. The molecular weight excluding hydrogens is 423 g/mol. The summed E-state index contributed by atoms with van der Waals surface area (Å²) in [6.07, 6.45) is 0.371. The molecule has 3 N–H and O–H groups in total. The zero-order chi connectivity index (χ0) is 18.7. The van der Waals surface area contributed by atoms with Crippen molar-refractivity contribution >= 4 is 65.9 Å². The van der Waals surface area contributed by atoms with Gasteiger partial charge in [-0.25, -0.2) is 14.2 Å². The fourth-order valence-corrected chi connectivity index (χ4v) is 3.39. The van der Waals surface area contributed by atoms with Crippen molar-refractivity contribution in [3.63, 3.8) is 0 Å². The molecule has 0 unspecified atom stereocenters. The molecule has 3 rings (SSSR count). The lowest BCUT2D eigenvalue weighted by molar-refractivity contribution is -0.115. The molecule has 1 heterocycles. The van der Waals surface area contributed by atoms with Crippen LogP contribution in [0, 0.1) is 5.82 Å². The third kappa shape index (κ3) is 4.36. The minimum absolute atomic E-state index is 0.0779. The lowest BCUT2D eigenvalue weighted by Gasteiger charge is -2.08. The van der Waals surface area contributed by atoms with Gasteiger partial charge in [0.25, 0.3) is 0 Å². The van der Waals surface area contributed by atoms with E-state index in [2.05, 4.69) is 36.9 Å². The lowest BCUT2D eigenvalue weighted by atomic mass is 10.3. The smallest absolute Gasteiger partial charge is 0.308 e. The first-order chi connectivity index (χ1) is 12.4. The summed E-state index contributed by atoms with van der Waals surface area (Å²) in [4.78, 5) is 27.8. The number of thiazole rings is 1. The predicted molar refractivity (Wildman–Crippen MR) is 105 cm³/mol. The molecule has 134 valence electrons. The summed E-state index contributed by atoms with van der Waals surface area (Å²) in [6.45, 7) is 1.76. The molecule has 0 aliphatic heterocycles. The molecule has 0 aliphatic rings. The number of urea groups is 1. The Hall–Kier alpha value is -2.52. The van der Waals surface area contributed by atoms with Gasteiger partial charge in [-0.05, 0) is 36.4 Å². The molecule has 0 spiro atoms. The number of nitrogens with zero attached hydrogens (tertiary/aromatic N) is 1. The first-order valence-corrected chi connectivity index (χ1v) is 9.29. The number of halogens is 2. The second-order valence-corrected chi connectivity index (χ2v) is 7.25. The normalized spacial score (nSPS) is 10.6. The highest BCUT2D eigenvalue weighted by atomic mass is 79.9. The minimum atomic E-state index is -0.561. The highest BCUT2D eigenvalue weighted by Crippen LogP contribution is 2.28. The standard InChI is InChI=1S/C17H14BrFN4O2S/c1-2-15(24)23-17-22-13-6-4-10(8-14(13)26-17)20-16(25)21-12-5-3-9(18)7-11(12)19/h3-8H,2H2,1H3,(H2,20,21,25)(H,22,23,24). The van der Waals surface area contributed by atoms with Crippen LogP contribution in [0.3, 0.4) is 0 Å². The predicted octanol–water partition coefficient (Wildman–Crippen LogP) is 5.19. The maximum atomic E-state index is 13.8. The van der Waals surface area contributed by atoms with Gasteiger partial charge in [-0.1, -0.05) is 34.2 Å². The number of hydrogen-bond donors (Lipinski definition) is 3. The fraction of sp³-hybridized carbons (Fsp3) is 0.118. The van der Waals surface area contributed by atoms with Crippen LogP contribution in [0.1, 0.15) is 13.3 Å². The van der Waals surface area contributed by atoms with Crippen LogP contribution in [0.15, 0.2) is 40.9 Å². The van der Waals surface area contributed by atoms with Gasteiger partial charge in [0, 0.05) is 16.6 Å². The number of carbonyl (C=O) groups is 2. The second-order valence-electron chi connectivity index (χ2n) is 5.31. The SMILES string of the molecule is CCC(=O)Nc1nc2ccc(NC(=O)Nc3ccc(Br)cc3F)cc2s1. The number of fused-ring (bicyclic) bond motifs is 1. The van der Waals surface area contributed by atoms with Gasteiger partial charge in [0.05, 0.1) is 15.9 Å². The monoisotopic (exact) mass is 436 g/mol. The average Bonchev–Trinajstić information content (AvgIpc) is 2.98. The number of hydrogen-bond acceptors (Lipinski definition) is 4. The fourth-order valence-electron chi connectivity index (χ4n) is 2.14. The Labute approximate surface area is 160 Å². The molecule has 2 aromatic carbocycles. The van der Waals surface area contributed by atoms with Crippen LogP contribution >= 0.6 is 27.3 Å². The number of carbonyl (C=O) groups excluding carboxylic acids is 2. The van der Waals surface area contributed by atoms with E-state index >= 15 is 0 Å². The number of nitrogens with one attached hydrogen (secondary N) is 3. The van der Waals surface area contributed by atoms with Crippen molar-refractivity contribution in [3.05, 3.63) is 46.7 Å². The van der Waals surface area contributed by atoms with E-state index in [-0.39, 0.29) is 11.6 Å². The number of benzene rings is 2. The van der Waals surface area contributed by atoms with Crippen molar-refractivity contribution in [2.24, 2.45) is 0 Å². The van der Waals surface area contributed by atoms with Crippen LogP contribution in [0.4, 0.5) is 25.7 Å². The number of aromatic nitrogens is 1. The quantitative estimate of drug-likeness (QED) is 0.525. The van der Waals surface area contributed by atoms with Gasteiger partial charge in [-0.3, -0.25) is 4.79 Å². The van der Waals surface area contributed by atoms with Crippen LogP contribution in [-0.2, 0) is 4.79 Å². The Morgan fingerprint density at radius 1 is 1.15 bits per heavy atom. The lowest BCUT2D eigenvalue weighted by Crippen LogP contribution is -2.20. The second kappa shape index (κ2) is 7.79. The van der Waals surface area contributed by atoms with Crippen LogP contribution in [0.5, 0.6) is 0 Å². The molecular formula is C17H14BrFN4O2S. The van der Waals surface area contributed by atoms with E-state index in [1.54, 1.807) is 31.2 Å². The molecule has 0 atom stereocenters. The molecule has 1 aromatic heterocycles. The summed E-state index contributed by atoms with van der Waals surface area (Å²) in [5, 5.41) is 8.32. The molecule has 0 saturated carbocycles. The maximum absolute atomic E-state index is 13.8. The van der Waals surface area contributed by atoms with E-state index in [1.165, 1.54) is 23.5 Å². The zero-order valence-electron chi connectivity index (χ0n) is 13.6. The number of anilines is 3. The molecule has 3 aromatic rings. The van der Waals surface area contributed by atoms with Crippen LogP contribution in [-0.4, -0.2) is 16.9 Å². The average molecular weight is 437 g/mol. The van der Waals surface area contributed by atoms with Gasteiger partial charge in [0.15, 0.2) is 5.13 Å². The Kier molecular flexibility index (Phi) is 5.48. The maximum Gasteiger partial charge on any atom is 0.323 e. The first kappa shape index (κ1) is 18.3. The summed E-state index contributed by atoms with van der Waals surface area (Å²) in [6, 6.07) is 8.97. The van der Waals surface area contributed by atoms with Crippen molar-refractivity contribution in [2.75, 3.05) is 16.0 Å². The molecule has 26 heavy (non-hydrogen) atoms. The topological polar surface area (TPSA) is 83.1 Å². The van der Waals surface area contributed by atoms with E-state index in [0.29, 0.717) is 27.2 Å². The molecule has 0 aliphatic carbocycles. The van der Waals surface area contributed by atoms with E-state index in [4.69, 9.17) is 0 Å². The van der Waals surface area contributed by atoms with E-state index in [9.17, 15) is 14.0 Å². The number of rotatable bonds is 4. The first-order valence-electron chi connectivity index (χ1n) is 7.68. The van der Waals surface area contributed by atoms with Gasteiger partial charge in [-0.2, -0.15) is 0 Å². The van der Waals surface area contributed by atoms with Crippen LogP contribution < -0.4 is 16.0 Å². The van der Waals surface area contributed by atoms with E-state index in [1.807, 2.05) is 0 Å².